The predicted molar refractivity (Wildman–Crippen MR) is 122 cm³/mol. The van der Waals surface area contributed by atoms with Crippen LogP contribution in [0.25, 0.3) is 0 Å². The monoisotopic (exact) mass is 436 g/mol. The molecule has 1 aromatic heterocycles. The number of aromatic nitrogens is 2. The molecular formula is C25H32N4O3. The number of nitrogens with zero attached hydrogens (tertiary/aromatic N) is 3. The molecule has 1 amide bonds. The summed E-state index contributed by atoms with van der Waals surface area (Å²) in [6.45, 7) is 5.79. The Bertz CT molecular complexity index is 1080. The van der Waals surface area contributed by atoms with Crippen molar-refractivity contribution in [3.8, 4) is 5.75 Å². The minimum absolute atomic E-state index is 0.0283. The normalized spacial score (nSPS) is 21.3. The van der Waals surface area contributed by atoms with E-state index in [-0.39, 0.29) is 23.3 Å². The fraction of sp³-hybridized carbons (Fsp3) is 0.560. The number of rotatable bonds is 5. The van der Waals surface area contributed by atoms with Gasteiger partial charge in [-0.25, -0.2) is 4.98 Å². The van der Waals surface area contributed by atoms with Gasteiger partial charge in [-0.1, -0.05) is 18.6 Å². The Morgan fingerprint density at radius 2 is 2.09 bits per heavy atom. The Morgan fingerprint density at radius 1 is 1.25 bits per heavy atom. The van der Waals surface area contributed by atoms with Crippen molar-refractivity contribution in [3.63, 3.8) is 0 Å². The predicted octanol–water partition coefficient (Wildman–Crippen LogP) is 2.76. The molecule has 3 heterocycles. The number of methoxy groups -OCH3 is 1. The first kappa shape index (κ1) is 21.2. The maximum Gasteiger partial charge on any atom is 0.254 e. The number of amides is 1. The SMILES string of the molecule is COc1cc(C)ccc1CN1CCC(c2nc3c(c(=O)[nH]2)CCN(C(=O)C2CCC2)C3)C1. The van der Waals surface area contributed by atoms with Gasteiger partial charge < -0.3 is 14.6 Å². The lowest BCUT2D eigenvalue weighted by atomic mass is 9.84. The lowest BCUT2D eigenvalue weighted by Crippen LogP contribution is -2.43. The molecule has 2 aliphatic heterocycles. The summed E-state index contributed by atoms with van der Waals surface area (Å²) in [5.74, 6) is 2.31. The van der Waals surface area contributed by atoms with Crippen LogP contribution in [0.2, 0.25) is 0 Å². The number of fused-ring (bicyclic) bond motifs is 1. The molecule has 0 radical (unpaired) electrons. The average Bonchev–Trinajstić information content (AvgIpc) is 3.22. The van der Waals surface area contributed by atoms with Crippen LogP contribution in [0.3, 0.4) is 0 Å². The van der Waals surface area contributed by atoms with Crippen molar-refractivity contribution in [2.24, 2.45) is 5.92 Å². The van der Waals surface area contributed by atoms with Crippen molar-refractivity contribution in [1.29, 1.82) is 0 Å². The second-order valence-electron chi connectivity index (χ2n) is 9.55. The summed E-state index contributed by atoms with van der Waals surface area (Å²) in [5.41, 5.74) is 3.88. The third kappa shape index (κ3) is 4.06. The number of benzene rings is 1. The van der Waals surface area contributed by atoms with Gasteiger partial charge in [-0.3, -0.25) is 14.5 Å². The lowest BCUT2D eigenvalue weighted by Gasteiger charge is -2.34. The van der Waals surface area contributed by atoms with Crippen LogP contribution in [0.4, 0.5) is 0 Å². The Labute approximate surface area is 188 Å². The minimum atomic E-state index is -0.0283. The van der Waals surface area contributed by atoms with Crippen LogP contribution in [0.1, 0.15) is 59.8 Å². The van der Waals surface area contributed by atoms with Crippen molar-refractivity contribution in [2.75, 3.05) is 26.7 Å². The van der Waals surface area contributed by atoms with E-state index in [1.165, 1.54) is 11.1 Å². The molecule has 5 rings (SSSR count). The average molecular weight is 437 g/mol. The van der Waals surface area contributed by atoms with E-state index in [9.17, 15) is 9.59 Å². The molecule has 1 unspecified atom stereocenters. The topological polar surface area (TPSA) is 78.5 Å². The summed E-state index contributed by atoms with van der Waals surface area (Å²) in [6, 6.07) is 6.32. The zero-order valence-electron chi connectivity index (χ0n) is 19.0. The van der Waals surface area contributed by atoms with Gasteiger partial charge in [-0.15, -0.1) is 0 Å². The largest absolute Gasteiger partial charge is 0.496 e. The second-order valence-corrected chi connectivity index (χ2v) is 9.55. The number of aryl methyl sites for hydroxylation is 1. The van der Waals surface area contributed by atoms with Crippen LogP contribution in [0.15, 0.2) is 23.0 Å². The highest BCUT2D eigenvalue weighted by molar-refractivity contribution is 5.79. The van der Waals surface area contributed by atoms with E-state index < -0.39 is 0 Å². The van der Waals surface area contributed by atoms with E-state index in [1.807, 2.05) is 4.90 Å². The smallest absolute Gasteiger partial charge is 0.254 e. The maximum absolute atomic E-state index is 12.8. The van der Waals surface area contributed by atoms with E-state index in [2.05, 4.69) is 35.0 Å². The lowest BCUT2D eigenvalue weighted by molar-refractivity contribution is -0.139. The minimum Gasteiger partial charge on any atom is -0.496 e. The number of ether oxygens (including phenoxy) is 1. The molecule has 1 saturated heterocycles. The second kappa shape index (κ2) is 8.70. The van der Waals surface area contributed by atoms with E-state index in [4.69, 9.17) is 9.72 Å². The number of H-pyrrole nitrogens is 1. The van der Waals surface area contributed by atoms with Crippen molar-refractivity contribution in [2.45, 2.75) is 58.0 Å². The van der Waals surface area contributed by atoms with Crippen molar-refractivity contribution >= 4 is 5.91 Å². The summed E-state index contributed by atoms with van der Waals surface area (Å²) >= 11 is 0. The summed E-state index contributed by atoms with van der Waals surface area (Å²) in [6.07, 6.45) is 4.70. The van der Waals surface area contributed by atoms with E-state index in [0.29, 0.717) is 19.5 Å². The Balaban J connectivity index is 1.29. The van der Waals surface area contributed by atoms with Crippen LogP contribution in [-0.2, 0) is 24.3 Å². The Kier molecular flexibility index (Phi) is 5.76. The van der Waals surface area contributed by atoms with E-state index >= 15 is 0 Å². The number of hydrogen-bond acceptors (Lipinski definition) is 5. The Morgan fingerprint density at radius 3 is 2.84 bits per heavy atom. The number of hydrogen-bond donors (Lipinski definition) is 1. The first-order valence-corrected chi connectivity index (χ1v) is 11.8. The van der Waals surface area contributed by atoms with Crippen molar-refractivity contribution < 1.29 is 9.53 Å². The van der Waals surface area contributed by atoms with Gasteiger partial charge >= 0.3 is 0 Å². The van der Waals surface area contributed by atoms with Gasteiger partial charge in [-0.2, -0.15) is 0 Å². The molecule has 2 aromatic rings. The first-order chi connectivity index (χ1) is 15.5. The molecule has 32 heavy (non-hydrogen) atoms. The van der Waals surface area contributed by atoms with Gasteiger partial charge in [0.2, 0.25) is 5.91 Å². The van der Waals surface area contributed by atoms with Gasteiger partial charge in [0, 0.05) is 42.6 Å². The van der Waals surface area contributed by atoms with Crippen molar-refractivity contribution in [3.05, 3.63) is 56.8 Å². The summed E-state index contributed by atoms with van der Waals surface area (Å²) in [7, 11) is 1.71. The highest BCUT2D eigenvalue weighted by Crippen LogP contribution is 2.31. The molecule has 1 atom stereocenters. The van der Waals surface area contributed by atoms with E-state index in [0.717, 1.165) is 68.1 Å². The fourth-order valence-corrected chi connectivity index (χ4v) is 5.18. The molecule has 1 N–H and O–H groups in total. The zero-order valence-corrected chi connectivity index (χ0v) is 19.0. The fourth-order valence-electron chi connectivity index (χ4n) is 5.18. The van der Waals surface area contributed by atoms with Crippen LogP contribution < -0.4 is 10.3 Å². The standard InChI is InChI=1S/C25H32N4O3/c1-16-6-7-18(22(12-16)32-2)13-28-10-8-19(14-28)23-26-21-15-29(25(31)17-4-3-5-17)11-9-20(21)24(30)27-23/h6-7,12,17,19H,3-5,8-11,13-15H2,1-2H3,(H,26,27,30). The molecule has 1 aromatic carbocycles. The van der Waals surface area contributed by atoms with Crippen molar-refractivity contribution in [1.82, 2.24) is 19.8 Å². The summed E-state index contributed by atoms with van der Waals surface area (Å²) in [5, 5.41) is 0. The molecule has 0 bridgehead atoms. The van der Waals surface area contributed by atoms with Gasteiger partial charge in [0.15, 0.2) is 0 Å². The Hall–Kier alpha value is -2.67. The molecule has 3 aliphatic rings. The van der Waals surface area contributed by atoms with Crippen LogP contribution in [0.5, 0.6) is 5.75 Å². The van der Waals surface area contributed by atoms with Crippen LogP contribution in [0, 0.1) is 12.8 Å². The third-order valence-corrected chi connectivity index (χ3v) is 7.35. The molecule has 2 fully saturated rings. The van der Waals surface area contributed by atoms with Gasteiger partial charge in [-0.05, 0) is 50.8 Å². The zero-order chi connectivity index (χ0) is 22.2. The van der Waals surface area contributed by atoms with Gasteiger partial charge in [0.05, 0.1) is 19.3 Å². The molecule has 170 valence electrons. The molecule has 0 spiro atoms. The number of nitrogens with one attached hydrogen (secondary N) is 1. The highest BCUT2D eigenvalue weighted by atomic mass is 16.5. The highest BCUT2D eigenvalue weighted by Gasteiger charge is 2.33. The first-order valence-electron chi connectivity index (χ1n) is 11.8. The summed E-state index contributed by atoms with van der Waals surface area (Å²) < 4.78 is 5.57. The molecular weight excluding hydrogens is 404 g/mol. The quantitative estimate of drug-likeness (QED) is 0.780. The molecule has 7 nitrogen and oxygen atoms in total. The number of likely N-dealkylation sites (tertiary alicyclic amines) is 1. The van der Waals surface area contributed by atoms with E-state index in [1.54, 1.807) is 7.11 Å². The maximum atomic E-state index is 12.8. The molecule has 1 aliphatic carbocycles. The number of carbonyl (C=O) groups excluding carboxylic acids is 1. The number of carbonyl (C=O) groups is 1. The number of aromatic amines is 1. The molecule has 1 saturated carbocycles. The molecule has 7 heteroatoms. The van der Waals surface area contributed by atoms with Gasteiger partial charge in [0.1, 0.15) is 11.6 Å². The van der Waals surface area contributed by atoms with Crippen LogP contribution >= 0.6 is 0 Å². The third-order valence-electron chi connectivity index (χ3n) is 7.35. The van der Waals surface area contributed by atoms with Crippen LogP contribution in [-0.4, -0.2) is 52.4 Å². The summed E-state index contributed by atoms with van der Waals surface area (Å²) in [4.78, 5) is 37.7. The van der Waals surface area contributed by atoms with Gasteiger partial charge in [0.25, 0.3) is 5.56 Å².